The highest BCUT2D eigenvalue weighted by Crippen LogP contribution is 2.27. The van der Waals surface area contributed by atoms with E-state index in [1.165, 1.54) is 0 Å². The average molecular weight is 293 g/mol. The van der Waals surface area contributed by atoms with Gasteiger partial charge in [-0.1, -0.05) is 66.4 Å². The van der Waals surface area contributed by atoms with Gasteiger partial charge in [-0.3, -0.25) is 0 Å². The molecule has 0 bridgehead atoms. The van der Waals surface area contributed by atoms with E-state index >= 15 is 0 Å². The van der Waals surface area contributed by atoms with E-state index in [0.29, 0.717) is 6.54 Å². The van der Waals surface area contributed by atoms with E-state index < -0.39 is 6.10 Å². The summed E-state index contributed by atoms with van der Waals surface area (Å²) in [6.07, 6.45) is -0.779. The van der Waals surface area contributed by atoms with Gasteiger partial charge in [-0.15, -0.1) is 0 Å². The molecule has 0 aliphatic carbocycles. The molecule has 22 heavy (non-hydrogen) atoms. The number of benzene rings is 2. The predicted molar refractivity (Wildman–Crippen MR) is 92.4 cm³/mol. The second kappa shape index (κ2) is 7.26. The van der Waals surface area contributed by atoms with Crippen molar-refractivity contribution < 1.29 is 5.11 Å². The van der Waals surface area contributed by atoms with Crippen LogP contribution in [0.25, 0.3) is 11.1 Å². The molecule has 1 unspecified atom stereocenters. The van der Waals surface area contributed by atoms with Gasteiger partial charge in [-0.2, -0.15) is 0 Å². The van der Waals surface area contributed by atoms with Crippen LogP contribution in [0.15, 0.2) is 54.6 Å². The SMILES string of the molecule is CC(C)(C)NCC#CC(O)c1ccccc1-c1ccccc1. The minimum Gasteiger partial charge on any atom is -0.376 e. The van der Waals surface area contributed by atoms with Gasteiger partial charge in [0.25, 0.3) is 0 Å². The van der Waals surface area contributed by atoms with Crippen LogP contribution in [0.3, 0.4) is 0 Å². The van der Waals surface area contributed by atoms with Crippen LogP contribution >= 0.6 is 0 Å². The van der Waals surface area contributed by atoms with E-state index in [1.54, 1.807) is 0 Å². The molecule has 0 saturated carbocycles. The largest absolute Gasteiger partial charge is 0.376 e. The molecule has 0 aromatic heterocycles. The van der Waals surface area contributed by atoms with Gasteiger partial charge in [0, 0.05) is 11.1 Å². The lowest BCUT2D eigenvalue weighted by atomic mass is 9.96. The number of nitrogens with one attached hydrogen (secondary N) is 1. The lowest BCUT2D eigenvalue weighted by molar-refractivity contribution is 0.239. The quantitative estimate of drug-likeness (QED) is 0.844. The maximum atomic E-state index is 10.4. The molecule has 2 aromatic carbocycles. The first kappa shape index (κ1) is 16.3. The fourth-order valence-corrected chi connectivity index (χ4v) is 2.15. The molecular weight excluding hydrogens is 270 g/mol. The van der Waals surface area contributed by atoms with Crippen LogP contribution in [0.2, 0.25) is 0 Å². The standard InChI is InChI=1S/C20H23NO/c1-20(2,3)21-15-9-14-19(22)18-13-8-7-12-17(18)16-10-5-4-6-11-16/h4-8,10-13,19,21-22H,15H2,1-3H3. The zero-order chi connectivity index (χ0) is 16.0. The Morgan fingerprint density at radius 1 is 1.00 bits per heavy atom. The van der Waals surface area contributed by atoms with Crippen molar-refractivity contribution in [3.63, 3.8) is 0 Å². The number of aliphatic hydroxyl groups excluding tert-OH is 1. The van der Waals surface area contributed by atoms with Crippen LogP contribution in [0, 0.1) is 11.8 Å². The molecule has 2 aromatic rings. The number of rotatable bonds is 3. The molecule has 0 saturated heterocycles. The highest BCUT2D eigenvalue weighted by atomic mass is 16.3. The molecule has 2 nitrogen and oxygen atoms in total. The summed E-state index contributed by atoms with van der Waals surface area (Å²) in [5.74, 6) is 5.93. The van der Waals surface area contributed by atoms with Gasteiger partial charge < -0.3 is 10.4 Å². The summed E-state index contributed by atoms with van der Waals surface area (Å²) >= 11 is 0. The monoisotopic (exact) mass is 293 g/mol. The van der Waals surface area contributed by atoms with Crippen LogP contribution in [0.1, 0.15) is 32.4 Å². The topological polar surface area (TPSA) is 32.3 Å². The summed E-state index contributed by atoms with van der Waals surface area (Å²) in [5.41, 5.74) is 2.99. The first-order chi connectivity index (χ1) is 10.5. The van der Waals surface area contributed by atoms with E-state index in [4.69, 9.17) is 0 Å². The van der Waals surface area contributed by atoms with E-state index in [0.717, 1.165) is 16.7 Å². The Hall–Kier alpha value is -2.08. The molecule has 0 amide bonds. The maximum Gasteiger partial charge on any atom is 0.140 e. The van der Waals surface area contributed by atoms with Crippen molar-refractivity contribution in [3.05, 3.63) is 60.2 Å². The van der Waals surface area contributed by atoms with Crippen molar-refractivity contribution in [2.24, 2.45) is 0 Å². The molecule has 0 spiro atoms. The summed E-state index contributed by atoms with van der Waals surface area (Å²) in [4.78, 5) is 0. The molecule has 0 heterocycles. The Kier molecular flexibility index (Phi) is 5.38. The number of hydrogen-bond donors (Lipinski definition) is 2. The van der Waals surface area contributed by atoms with Gasteiger partial charge in [0.05, 0.1) is 6.54 Å². The molecule has 2 N–H and O–H groups in total. The van der Waals surface area contributed by atoms with E-state index in [9.17, 15) is 5.11 Å². The fourth-order valence-electron chi connectivity index (χ4n) is 2.15. The third-order valence-electron chi connectivity index (χ3n) is 3.29. The second-order valence-corrected chi connectivity index (χ2v) is 6.28. The smallest absolute Gasteiger partial charge is 0.140 e. The first-order valence-electron chi connectivity index (χ1n) is 7.53. The van der Waals surface area contributed by atoms with Crippen molar-refractivity contribution in [2.75, 3.05) is 6.54 Å². The highest BCUT2D eigenvalue weighted by Gasteiger charge is 2.11. The average Bonchev–Trinajstić information content (AvgIpc) is 2.51. The second-order valence-electron chi connectivity index (χ2n) is 6.28. The fraction of sp³-hybridized carbons (Fsp3) is 0.300. The van der Waals surface area contributed by atoms with Crippen LogP contribution in [0.5, 0.6) is 0 Å². The van der Waals surface area contributed by atoms with Gasteiger partial charge in [-0.05, 0) is 31.9 Å². The summed E-state index contributed by atoms with van der Waals surface area (Å²) in [6.45, 7) is 6.84. The van der Waals surface area contributed by atoms with Crippen molar-refractivity contribution >= 4 is 0 Å². The van der Waals surface area contributed by atoms with Gasteiger partial charge in [0.2, 0.25) is 0 Å². The maximum absolute atomic E-state index is 10.4. The van der Waals surface area contributed by atoms with Crippen molar-refractivity contribution in [1.82, 2.24) is 5.32 Å². The Morgan fingerprint density at radius 2 is 1.64 bits per heavy atom. The zero-order valence-electron chi connectivity index (χ0n) is 13.4. The molecular formula is C20H23NO. The Morgan fingerprint density at radius 3 is 2.32 bits per heavy atom. The Labute approximate surface area is 133 Å². The van der Waals surface area contributed by atoms with Crippen molar-refractivity contribution in [2.45, 2.75) is 32.4 Å². The van der Waals surface area contributed by atoms with Gasteiger partial charge in [-0.25, -0.2) is 0 Å². The van der Waals surface area contributed by atoms with Crippen molar-refractivity contribution in [1.29, 1.82) is 0 Å². The van der Waals surface area contributed by atoms with E-state index in [2.05, 4.69) is 37.9 Å². The lowest BCUT2D eigenvalue weighted by Crippen LogP contribution is -2.35. The summed E-state index contributed by atoms with van der Waals surface area (Å²) in [7, 11) is 0. The Bertz CT molecular complexity index is 659. The summed E-state index contributed by atoms with van der Waals surface area (Å²) in [6, 6.07) is 17.9. The summed E-state index contributed by atoms with van der Waals surface area (Å²) < 4.78 is 0. The van der Waals surface area contributed by atoms with Gasteiger partial charge in [0.1, 0.15) is 6.10 Å². The van der Waals surface area contributed by atoms with Gasteiger partial charge in [0.15, 0.2) is 0 Å². The molecule has 2 rings (SSSR count). The van der Waals surface area contributed by atoms with E-state index in [-0.39, 0.29) is 5.54 Å². The third kappa shape index (κ3) is 4.73. The lowest BCUT2D eigenvalue weighted by Gasteiger charge is -2.18. The molecule has 0 aliphatic rings. The minimum atomic E-state index is -0.779. The van der Waals surface area contributed by atoms with Crippen molar-refractivity contribution in [3.8, 4) is 23.0 Å². The van der Waals surface area contributed by atoms with Crippen LogP contribution in [-0.4, -0.2) is 17.2 Å². The summed E-state index contributed by atoms with van der Waals surface area (Å²) in [5, 5.41) is 13.7. The molecule has 0 aliphatic heterocycles. The third-order valence-corrected chi connectivity index (χ3v) is 3.29. The number of hydrogen-bond acceptors (Lipinski definition) is 2. The van der Waals surface area contributed by atoms with Gasteiger partial charge >= 0.3 is 0 Å². The molecule has 1 atom stereocenters. The van der Waals surface area contributed by atoms with Crippen LogP contribution in [-0.2, 0) is 0 Å². The highest BCUT2D eigenvalue weighted by molar-refractivity contribution is 5.68. The molecule has 2 heteroatoms. The normalized spacial score (nSPS) is 12.4. The number of aliphatic hydroxyl groups is 1. The zero-order valence-corrected chi connectivity index (χ0v) is 13.4. The minimum absolute atomic E-state index is 0.0293. The van der Waals surface area contributed by atoms with Crippen LogP contribution in [0.4, 0.5) is 0 Å². The predicted octanol–water partition coefficient (Wildman–Crippen LogP) is 3.78. The molecule has 114 valence electrons. The van der Waals surface area contributed by atoms with Crippen LogP contribution < -0.4 is 5.32 Å². The molecule has 0 radical (unpaired) electrons. The molecule has 0 fully saturated rings. The van der Waals surface area contributed by atoms with E-state index in [1.807, 2.05) is 54.6 Å². The Balaban J connectivity index is 2.18. The first-order valence-corrected chi connectivity index (χ1v) is 7.53.